The van der Waals surface area contributed by atoms with Crippen molar-refractivity contribution in [1.82, 2.24) is 9.97 Å². The van der Waals surface area contributed by atoms with Crippen LogP contribution in [0.3, 0.4) is 0 Å². The molecule has 12 heteroatoms. The number of aromatic carboxylic acids is 1. The minimum Gasteiger partial charge on any atom is -0.507 e. The number of amides is 1. The van der Waals surface area contributed by atoms with E-state index in [1.807, 2.05) is 0 Å². The summed E-state index contributed by atoms with van der Waals surface area (Å²) >= 11 is 1.02. The quantitative estimate of drug-likeness (QED) is 0.135. The Morgan fingerprint density at radius 1 is 1.06 bits per heavy atom. The van der Waals surface area contributed by atoms with Gasteiger partial charge >= 0.3 is 11.9 Å². The number of aromatic nitrogens is 2. The molecule has 2 N–H and O–H groups in total. The van der Waals surface area contributed by atoms with E-state index in [2.05, 4.69) is 9.97 Å². The lowest BCUT2D eigenvalue weighted by Gasteiger charge is -2.22. The monoisotopic (exact) mass is 502 g/mol. The molecule has 178 valence electrons. The lowest BCUT2D eigenvalue weighted by molar-refractivity contribution is -0.384. The van der Waals surface area contributed by atoms with Crippen molar-refractivity contribution in [3.05, 3.63) is 99.4 Å². The highest BCUT2D eigenvalue weighted by molar-refractivity contribution is 7.22. The first-order chi connectivity index (χ1) is 17.3. The first kappa shape index (κ1) is 22.8. The minimum absolute atomic E-state index is 0.0433. The van der Waals surface area contributed by atoms with Crippen molar-refractivity contribution in [3.8, 4) is 0 Å². The second-order valence-corrected chi connectivity index (χ2v) is 8.75. The third-order valence-corrected chi connectivity index (χ3v) is 6.64. The number of fused-ring (bicyclic) bond motifs is 1. The normalized spacial score (nSPS) is 17.0. The van der Waals surface area contributed by atoms with Gasteiger partial charge in [-0.1, -0.05) is 17.4 Å². The number of thiazole rings is 1. The summed E-state index contributed by atoms with van der Waals surface area (Å²) in [7, 11) is 0. The third-order valence-electron chi connectivity index (χ3n) is 5.63. The van der Waals surface area contributed by atoms with E-state index in [9.17, 15) is 34.7 Å². The number of nitro benzene ring substituents is 1. The van der Waals surface area contributed by atoms with Crippen LogP contribution in [0.5, 0.6) is 0 Å². The SMILES string of the molecule is O=C1C(=O)N(c2nc3ccc(C(=O)O)cc3s2)C(c2cccnc2)/C1=C(\O)c1ccc([N+](=O)[O-])cc1. The number of hydrogen-bond donors (Lipinski definition) is 2. The number of anilines is 1. The van der Waals surface area contributed by atoms with Gasteiger partial charge in [-0.25, -0.2) is 9.78 Å². The Balaban J connectivity index is 1.68. The number of Topliss-reactive ketones (excluding diaryl/α,β-unsaturated/α-hetero) is 1. The van der Waals surface area contributed by atoms with E-state index in [1.54, 1.807) is 12.1 Å². The maximum Gasteiger partial charge on any atom is 0.335 e. The van der Waals surface area contributed by atoms with E-state index in [4.69, 9.17) is 0 Å². The summed E-state index contributed by atoms with van der Waals surface area (Å²) in [5.74, 6) is -3.53. The largest absolute Gasteiger partial charge is 0.507 e. The highest BCUT2D eigenvalue weighted by atomic mass is 32.1. The molecule has 1 amide bonds. The van der Waals surface area contributed by atoms with Crippen molar-refractivity contribution < 1.29 is 29.5 Å². The van der Waals surface area contributed by atoms with E-state index in [-0.39, 0.29) is 27.5 Å². The molecule has 0 aliphatic carbocycles. The zero-order valence-corrected chi connectivity index (χ0v) is 18.9. The molecule has 1 atom stereocenters. The number of carbonyl (C=O) groups is 3. The van der Waals surface area contributed by atoms with Crippen LogP contribution in [0.2, 0.25) is 0 Å². The Kier molecular flexibility index (Phi) is 5.49. The lowest BCUT2D eigenvalue weighted by atomic mass is 9.96. The molecule has 1 saturated heterocycles. The van der Waals surface area contributed by atoms with Gasteiger partial charge in [0, 0.05) is 30.1 Å². The molecule has 1 aliphatic rings. The van der Waals surface area contributed by atoms with Crippen molar-refractivity contribution in [2.75, 3.05) is 4.90 Å². The van der Waals surface area contributed by atoms with Crippen molar-refractivity contribution >= 4 is 55.8 Å². The Bertz CT molecular complexity index is 1600. The predicted molar refractivity (Wildman–Crippen MR) is 129 cm³/mol. The molecule has 11 nitrogen and oxygen atoms in total. The lowest BCUT2D eigenvalue weighted by Crippen LogP contribution is -2.29. The Labute approximate surface area is 205 Å². The molecule has 1 aliphatic heterocycles. The van der Waals surface area contributed by atoms with Gasteiger partial charge in [-0.2, -0.15) is 0 Å². The first-order valence-electron chi connectivity index (χ1n) is 10.4. The number of hydrogen-bond acceptors (Lipinski definition) is 9. The molecule has 0 bridgehead atoms. The van der Waals surface area contributed by atoms with E-state index in [0.29, 0.717) is 15.8 Å². The van der Waals surface area contributed by atoms with Gasteiger partial charge in [-0.15, -0.1) is 0 Å². The fourth-order valence-corrected chi connectivity index (χ4v) is 4.96. The van der Waals surface area contributed by atoms with Crippen LogP contribution < -0.4 is 4.90 Å². The summed E-state index contributed by atoms with van der Waals surface area (Å²) in [5, 5.41) is 31.5. The fraction of sp³-hybridized carbons (Fsp3) is 0.0417. The van der Waals surface area contributed by atoms with Crippen LogP contribution in [-0.4, -0.2) is 42.8 Å². The molecule has 5 rings (SSSR count). The molecule has 0 radical (unpaired) electrons. The number of pyridine rings is 1. The summed E-state index contributed by atoms with van der Waals surface area (Å²) < 4.78 is 0.493. The van der Waals surface area contributed by atoms with Gasteiger partial charge in [0.15, 0.2) is 5.13 Å². The first-order valence-corrected chi connectivity index (χ1v) is 11.2. The number of rotatable bonds is 5. The average molecular weight is 502 g/mol. The van der Waals surface area contributed by atoms with Crippen LogP contribution in [0.25, 0.3) is 16.0 Å². The van der Waals surface area contributed by atoms with Gasteiger partial charge in [0.2, 0.25) is 0 Å². The highest BCUT2D eigenvalue weighted by Crippen LogP contribution is 2.44. The Hall–Kier alpha value is -4.97. The molecular weight excluding hydrogens is 488 g/mol. The molecule has 3 heterocycles. The van der Waals surface area contributed by atoms with Crippen LogP contribution in [0.15, 0.2) is 72.6 Å². The van der Waals surface area contributed by atoms with Crippen LogP contribution in [0, 0.1) is 10.1 Å². The van der Waals surface area contributed by atoms with Crippen molar-refractivity contribution in [3.63, 3.8) is 0 Å². The molecule has 0 saturated carbocycles. The molecule has 1 fully saturated rings. The number of nitrogens with zero attached hydrogens (tertiary/aromatic N) is 4. The smallest absolute Gasteiger partial charge is 0.335 e. The molecular formula is C24H14N4O7S. The van der Waals surface area contributed by atoms with Gasteiger partial charge in [0.25, 0.3) is 11.5 Å². The maximum absolute atomic E-state index is 13.2. The third kappa shape index (κ3) is 3.75. The van der Waals surface area contributed by atoms with Crippen LogP contribution in [-0.2, 0) is 9.59 Å². The summed E-state index contributed by atoms with van der Waals surface area (Å²) in [4.78, 5) is 57.8. The number of aliphatic hydroxyl groups excluding tert-OH is 1. The number of carboxylic acids is 1. The van der Waals surface area contributed by atoms with Crippen LogP contribution in [0.1, 0.15) is 27.5 Å². The van der Waals surface area contributed by atoms with Gasteiger partial charge < -0.3 is 10.2 Å². The highest BCUT2D eigenvalue weighted by Gasteiger charge is 2.48. The average Bonchev–Trinajstić information content (AvgIpc) is 3.41. The topological polar surface area (TPSA) is 164 Å². The van der Waals surface area contributed by atoms with Crippen LogP contribution in [0.4, 0.5) is 10.8 Å². The van der Waals surface area contributed by atoms with Gasteiger partial charge in [-0.05, 0) is 42.0 Å². The standard InChI is InChI=1S/C24H14N4O7S/c29-20(12-3-6-15(7-4-12)28(34)35)18-19(14-2-1-9-25-11-14)27(22(31)21(18)30)24-26-16-8-5-13(23(32)33)10-17(16)36-24/h1-11,19,29H,(H,32,33)/b20-18+. The fourth-order valence-electron chi connectivity index (χ4n) is 3.93. The van der Waals surface area contributed by atoms with Gasteiger partial charge in [-0.3, -0.25) is 29.6 Å². The number of benzene rings is 2. The van der Waals surface area contributed by atoms with E-state index >= 15 is 0 Å². The molecule has 2 aromatic carbocycles. The molecule has 4 aromatic rings. The minimum atomic E-state index is -1.12. The zero-order valence-electron chi connectivity index (χ0n) is 18.1. The summed E-state index contributed by atoms with van der Waals surface area (Å²) in [6, 6.07) is 11.4. The van der Waals surface area contributed by atoms with E-state index < -0.39 is 34.4 Å². The number of carbonyl (C=O) groups excluding carboxylic acids is 2. The van der Waals surface area contributed by atoms with Crippen LogP contribution >= 0.6 is 11.3 Å². The van der Waals surface area contributed by atoms with E-state index in [0.717, 1.165) is 16.2 Å². The number of nitro groups is 1. The molecule has 2 aromatic heterocycles. The summed E-state index contributed by atoms with van der Waals surface area (Å²) in [5.41, 5.74) is 0.579. The Morgan fingerprint density at radius 3 is 2.42 bits per heavy atom. The summed E-state index contributed by atoms with van der Waals surface area (Å²) in [6.07, 6.45) is 2.96. The number of carboxylic acid groups (broad SMARTS) is 1. The molecule has 0 spiro atoms. The molecule has 36 heavy (non-hydrogen) atoms. The van der Waals surface area contributed by atoms with Crippen molar-refractivity contribution in [2.45, 2.75) is 6.04 Å². The maximum atomic E-state index is 13.2. The zero-order chi connectivity index (χ0) is 25.6. The van der Waals surface area contributed by atoms with E-state index in [1.165, 1.54) is 54.9 Å². The van der Waals surface area contributed by atoms with Crippen molar-refractivity contribution in [1.29, 1.82) is 0 Å². The van der Waals surface area contributed by atoms with Gasteiger partial charge in [0.05, 0.1) is 32.3 Å². The molecule has 1 unspecified atom stereocenters. The number of aliphatic hydroxyl groups is 1. The van der Waals surface area contributed by atoms with Gasteiger partial charge in [0.1, 0.15) is 5.76 Å². The predicted octanol–water partition coefficient (Wildman–Crippen LogP) is 3.92. The summed E-state index contributed by atoms with van der Waals surface area (Å²) in [6.45, 7) is 0. The second kappa shape index (κ2) is 8.67. The van der Waals surface area contributed by atoms with Crippen molar-refractivity contribution in [2.24, 2.45) is 0 Å². The number of non-ortho nitro benzene ring substituents is 1. The number of ketones is 1. The second-order valence-electron chi connectivity index (χ2n) is 7.74. The Morgan fingerprint density at radius 2 is 1.78 bits per heavy atom.